The van der Waals surface area contributed by atoms with E-state index in [2.05, 4.69) is 20.6 Å². The van der Waals surface area contributed by atoms with E-state index in [1.165, 1.54) is 7.05 Å². The van der Waals surface area contributed by atoms with Gasteiger partial charge in [0.25, 0.3) is 5.91 Å². The molecular weight excluding hydrogens is 336 g/mol. The minimum atomic E-state index is -0.833. The number of hydrogen-bond acceptors (Lipinski definition) is 5. The summed E-state index contributed by atoms with van der Waals surface area (Å²) in [6.45, 7) is 1.56. The highest BCUT2D eigenvalue weighted by Crippen LogP contribution is 2.28. The second kappa shape index (κ2) is 7.09. The summed E-state index contributed by atoms with van der Waals surface area (Å²) in [7, 11) is 1.51. The van der Waals surface area contributed by atoms with Gasteiger partial charge in [-0.3, -0.25) is 19.5 Å². The van der Waals surface area contributed by atoms with Gasteiger partial charge in [0.2, 0.25) is 5.88 Å². The molecule has 0 radical (unpaired) electrons. The number of carbonyl (C=O) groups is 2. The third kappa shape index (κ3) is 3.56. The molecule has 4 N–H and O–H groups in total. The number of fused-ring (bicyclic) bond motifs is 1. The third-order valence-corrected chi connectivity index (χ3v) is 3.70. The average molecular weight is 354 g/mol. The van der Waals surface area contributed by atoms with Crippen molar-refractivity contribution in [3.05, 3.63) is 42.9 Å². The first-order valence-corrected chi connectivity index (χ1v) is 7.86. The molecule has 0 spiro atoms. The minimum Gasteiger partial charge on any atom is -0.465 e. The third-order valence-electron chi connectivity index (χ3n) is 3.70. The molecule has 0 aliphatic rings. The number of rotatable bonds is 5. The first-order chi connectivity index (χ1) is 12.5. The molecule has 3 aromatic rings. The molecule has 26 heavy (non-hydrogen) atoms. The predicted octanol–water partition coefficient (Wildman–Crippen LogP) is 1.40. The largest absolute Gasteiger partial charge is 0.465 e. The maximum Gasteiger partial charge on any atom is 0.320 e. The number of pyridine rings is 2. The zero-order valence-corrected chi connectivity index (χ0v) is 14.3. The fraction of sp³-hybridized carbons (Fsp3) is 0.176. The molecule has 1 unspecified atom stereocenters. The van der Waals surface area contributed by atoms with Gasteiger partial charge in [-0.25, -0.2) is 9.78 Å². The Morgan fingerprint density at radius 3 is 2.77 bits per heavy atom. The number of ether oxygens (including phenoxy) is 1. The van der Waals surface area contributed by atoms with Crippen molar-refractivity contribution in [3.8, 4) is 17.0 Å². The van der Waals surface area contributed by atoms with Crippen molar-refractivity contribution >= 4 is 23.4 Å². The van der Waals surface area contributed by atoms with Crippen LogP contribution in [-0.2, 0) is 4.79 Å². The number of nitrogens with zero attached hydrogens (tertiary/aromatic N) is 3. The van der Waals surface area contributed by atoms with E-state index in [1.807, 2.05) is 18.2 Å². The lowest BCUT2D eigenvalue weighted by molar-refractivity contribution is -0.124. The summed E-state index contributed by atoms with van der Waals surface area (Å²) in [5, 5.41) is 5.06. The number of aromatic nitrogens is 3. The lowest BCUT2D eigenvalue weighted by atomic mass is 10.1. The van der Waals surface area contributed by atoms with Gasteiger partial charge in [0.15, 0.2) is 11.9 Å². The van der Waals surface area contributed by atoms with Gasteiger partial charge in [-0.2, -0.15) is 0 Å². The Kier molecular flexibility index (Phi) is 4.70. The zero-order valence-electron chi connectivity index (χ0n) is 14.3. The van der Waals surface area contributed by atoms with Crippen LogP contribution in [0.4, 0.5) is 10.6 Å². The molecule has 9 heteroatoms. The van der Waals surface area contributed by atoms with Gasteiger partial charge < -0.3 is 15.8 Å². The summed E-state index contributed by atoms with van der Waals surface area (Å²) in [6.07, 6.45) is 4.15. The van der Waals surface area contributed by atoms with Crippen molar-refractivity contribution in [2.24, 2.45) is 5.73 Å². The van der Waals surface area contributed by atoms with Crippen molar-refractivity contribution in [3.63, 3.8) is 0 Å². The number of urea groups is 1. The van der Waals surface area contributed by atoms with Crippen LogP contribution >= 0.6 is 0 Å². The monoisotopic (exact) mass is 354 g/mol. The summed E-state index contributed by atoms with van der Waals surface area (Å²) in [4.78, 5) is 31.4. The number of nitrogens with one attached hydrogen (secondary N) is 2. The van der Waals surface area contributed by atoms with E-state index in [9.17, 15) is 9.59 Å². The van der Waals surface area contributed by atoms with Gasteiger partial charge in [0.05, 0.1) is 6.20 Å². The van der Waals surface area contributed by atoms with Crippen molar-refractivity contribution < 1.29 is 14.3 Å². The molecular formula is C17H18N6O3. The van der Waals surface area contributed by atoms with Gasteiger partial charge in [-0.1, -0.05) is 6.07 Å². The van der Waals surface area contributed by atoms with Crippen molar-refractivity contribution in [2.75, 3.05) is 12.4 Å². The number of nitrogens with two attached hydrogens (primary N) is 1. The van der Waals surface area contributed by atoms with Crippen LogP contribution in [0.1, 0.15) is 6.92 Å². The van der Waals surface area contributed by atoms with Gasteiger partial charge in [0.1, 0.15) is 5.65 Å². The predicted molar refractivity (Wildman–Crippen MR) is 95.8 cm³/mol. The van der Waals surface area contributed by atoms with Crippen LogP contribution < -0.4 is 21.1 Å². The van der Waals surface area contributed by atoms with Crippen LogP contribution in [0, 0.1) is 0 Å². The molecule has 3 heterocycles. The lowest BCUT2D eigenvalue weighted by Crippen LogP contribution is -2.31. The van der Waals surface area contributed by atoms with Gasteiger partial charge in [0, 0.05) is 31.1 Å². The Bertz CT molecular complexity index is 954. The smallest absolute Gasteiger partial charge is 0.320 e. The molecule has 0 bridgehead atoms. The van der Waals surface area contributed by atoms with Gasteiger partial charge in [-0.15, -0.1) is 0 Å². The van der Waals surface area contributed by atoms with Crippen LogP contribution in [0.5, 0.6) is 5.88 Å². The topological polar surface area (TPSA) is 124 Å². The maximum atomic E-state index is 11.5. The Balaban J connectivity index is 2.10. The highest BCUT2D eigenvalue weighted by molar-refractivity contribution is 5.88. The summed E-state index contributed by atoms with van der Waals surface area (Å²) in [5.74, 6) is 0.114. The van der Waals surface area contributed by atoms with Crippen molar-refractivity contribution in [2.45, 2.75) is 13.0 Å². The van der Waals surface area contributed by atoms with E-state index >= 15 is 0 Å². The second-order valence-corrected chi connectivity index (χ2v) is 5.54. The number of carbonyl (C=O) groups excluding carboxylic acids is 2. The molecule has 0 aliphatic heterocycles. The number of hydrogen-bond donors (Lipinski definition) is 3. The van der Waals surface area contributed by atoms with Gasteiger partial charge >= 0.3 is 6.03 Å². The Morgan fingerprint density at radius 1 is 1.31 bits per heavy atom. The standard InChI is InChI=1S/C17H18N6O3/c1-10(16(18)24)26-15-7-12(11-4-3-5-20-8-11)6-14-21-13(9-23(14)15)22-17(25)19-2/h3-10H,1-2H3,(H2,18,24)(H2,19,22,25). The normalized spacial score (nSPS) is 11.8. The Hall–Kier alpha value is -3.62. The molecule has 134 valence electrons. The summed E-state index contributed by atoms with van der Waals surface area (Å²) < 4.78 is 7.33. The molecule has 0 saturated carbocycles. The summed E-state index contributed by atoms with van der Waals surface area (Å²) in [6, 6.07) is 6.90. The number of amides is 3. The molecule has 3 amide bonds. The first-order valence-electron chi connectivity index (χ1n) is 7.86. The zero-order chi connectivity index (χ0) is 18.7. The van der Waals surface area contributed by atoms with Crippen LogP contribution in [-0.4, -0.2) is 39.5 Å². The molecule has 0 aromatic carbocycles. The van der Waals surface area contributed by atoms with E-state index < -0.39 is 18.0 Å². The molecule has 0 aliphatic carbocycles. The van der Waals surface area contributed by atoms with E-state index in [4.69, 9.17) is 10.5 Å². The number of anilines is 1. The Morgan fingerprint density at radius 2 is 2.12 bits per heavy atom. The molecule has 0 fully saturated rings. The highest BCUT2D eigenvalue weighted by atomic mass is 16.5. The van der Waals surface area contributed by atoms with Crippen LogP contribution in [0.25, 0.3) is 16.8 Å². The number of primary amides is 1. The lowest BCUT2D eigenvalue weighted by Gasteiger charge is -2.14. The van der Waals surface area contributed by atoms with E-state index in [0.717, 1.165) is 11.1 Å². The maximum absolute atomic E-state index is 11.5. The number of imidazole rings is 1. The summed E-state index contributed by atoms with van der Waals surface area (Å²) in [5.41, 5.74) is 7.49. The molecule has 1 atom stereocenters. The van der Waals surface area contributed by atoms with Gasteiger partial charge in [-0.05, 0) is 24.6 Å². The highest BCUT2D eigenvalue weighted by Gasteiger charge is 2.16. The minimum absolute atomic E-state index is 0.337. The van der Waals surface area contributed by atoms with Crippen LogP contribution in [0.15, 0.2) is 42.9 Å². The molecule has 9 nitrogen and oxygen atoms in total. The quantitative estimate of drug-likeness (QED) is 0.639. The SMILES string of the molecule is CNC(=O)Nc1cn2c(OC(C)C(N)=O)cc(-c3cccnc3)cc2n1. The first kappa shape index (κ1) is 17.2. The fourth-order valence-corrected chi connectivity index (χ4v) is 2.33. The average Bonchev–Trinajstić information content (AvgIpc) is 3.04. The molecule has 3 rings (SSSR count). The van der Waals surface area contributed by atoms with E-state index in [0.29, 0.717) is 17.3 Å². The van der Waals surface area contributed by atoms with E-state index in [1.54, 1.807) is 36.0 Å². The Labute approximate surface area is 149 Å². The molecule has 0 saturated heterocycles. The van der Waals surface area contributed by atoms with Crippen LogP contribution in [0.2, 0.25) is 0 Å². The van der Waals surface area contributed by atoms with Crippen LogP contribution in [0.3, 0.4) is 0 Å². The molecule has 3 aromatic heterocycles. The van der Waals surface area contributed by atoms with E-state index in [-0.39, 0.29) is 0 Å². The van der Waals surface area contributed by atoms with Crippen molar-refractivity contribution in [1.82, 2.24) is 19.7 Å². The second-order valence-electron chi connectivity index (χ2n) is 5.54. The fourth-order valence-electron chi connectivity index (χ4n) is 2.33. The summed E-state index contributed by atoms with van der Waals surface area (Å²) >= 11 is 0. The van der Waals surface area contributed by atoms with Crippen molar-refractivity contribution in [1.29, 1.82) is 0 Å².